The van der Waals surface area contributed by atoms with Crippen LogP contribution in [0.5, 0.6) is 11.5 Å². The molecule has 0 atom stereocenters. The Hall–Kier alpha value is -2.45. The Kier molecular flexibility index (Phi) is 6.41. The summed E-state index contributed by atoms with van der Waals surface area (Å²) in [6.45, 7) is 0. The lowest BCUT2D eigenvalue weighted by Crippen LogP contribution is -2.14. The van der Waals surface area contributed by atoms with Crippen LogP contribution >= 0.6 is 27.7 Å². The number of nitrogens with one attached hydrogen (secondary N) is 1. The number of anilines is 1. The molecule has 0 fully saturated rings. The van der Waals surface area contributed by atoms with Crippen molar-refractivity contribution in [1.82, 2.24) is 4.98 Å². The minimum absolute atomic E-state index is 0.166. The van der Waals surface area contributed by atoms with Gasteiger partial charge in [0, 0.05) is 33.9 Å². The highest BCUT2D eigenvalue weighted by molar-refractivity contribution is 9.10. The van der Waals surface area contributed by atoms with E-state index in [-0.39, 0.29) is 11.7 Å². The van der Waals surface area contributed by atoms with Crippen LogP contribution < -0.4 is 14.8 Å². The van der Waals surface area contributed by atoms with Crippen molar-refractivity contribution >= 4 is 39.3 Å². The lowest BCUT2D eigenvalue weighted by molar-refractivity contribution is -0.113. The highest BCUT2D eigenvalue weighted by Crippen LogP contribution is 2.28. The fraction of sp³-hybridized carbons (Fsp3) is 0.158. The molecule has 1 amide bonds. The molecule has 8 heteroatoms. The molecule has 1 aromatic heterocycles. The third-order valence-electron chi connectivity index (χ3n) is 3.58. The molecule has 0 saturated carbocycles. The highest BCUT2D eigenvalue weighted by Gasteiger charge is 2.11. The molecule has 0 aliphatic heterocycles. The maximum absolute atomic E-state index is 12.2. The number of ether oxygens (including phenoxy) is 2. The third-order valence-corrected chi connectivity index (χ3v) is 4.95. The average molecular weight is 449 g/mol. The molecule has 27 heavy (non-hydrogen) atoms. The fourth-order valence-electron chi connectivity index (χ4n) is 2.28. The van der Waals surface area contributed by atoms with Gasteiger partial charge in [-0.15, -0.1) is 0 Å². The average Bonchev–Trinajstić information content (AvgIpc) is 3.15. The van der Waals surface area contributed by atoms with E-state index in [1.165, 1.54) is 11.8 Å². The summed E-state index contributed by atoms with van der Waals surface area (Å²) in [5.74, 6) is 1.84. The number of amides is 1. The van der Waals surface area contributed by atoms with Crippen molar-refractivity contribution in [1.29, 1.82) is 0 Å². The quantitative estimate of drug-likeness (QED) is 0.520. The van der Waals surface area contributed by atoms with E-state index in [4.69, 9.17) is 13.9 Å². The number of methoxy groups -OCH3 is 2. The molecule has 6 nitrogen and oxygen atoms in total. The molecule has 0 saturated heterocycles. The third kappa shape index (κ3) is 5.27. The minimum Gasteiger partial charge on any atom is -0.497 e. The summed E-state index contributed by atoms with van der Waals surface area (Å²) in [6.07, 6.45) is 1.65. The van der Waals surface area contributed by atoms with Crippen molar-refractivity contribution < 1.29 is 18.7 Å². The van der Waals surface area contributed by atoms with E-state index >= 15 is 0 Å². The van der Waals surface area contributed by atoms with E-state index in [0.717, 1.165) is 10.0 Å². The first kappa shape index (κ1) is 19.3. The van der Waals surface area contributed by atoms with Gasteiger partial charge in [-0.05, 0) is 12.1 Å². The van der Waals surface area contributed by atoms with Gasteiger partial charge in [-0.1, -0.05) is 39.8 Å². The summed E-state index contributed by atoms with van der Waals surface area (Å²) in [5.41, 5.74) is 1.52. The van der Waals surface area contributed by atoms with Gasteiger partial charge >= 0.3 is 0 Å². The van der Waals surface area contributed by atoms with Crippen LogP contribution in [0.3, 0.4) is 0 Å². The number of oxazole rings is 1. The predicted octanol–water partition coefficient (Wildman–Crippen LogP) is 4.85. The van der Waals surface area contributed by atoms with E-state index in [9.17, 15) is 4.79 Å². The van der Waals surface area contributed by atoms with Gasteiger partial charge < -0.3 is 19.2 Å². The zero-order valence-electron chi connectivity index (χ0n) is 14.7. The van der Waals surface area contributed by atoms with Crippen LogP contribution in [0.1, 0.15) is 0 Å². The lowest BCUT2D eigenvalue weighted by Gasteiger charge is -2.09. The molecule has 0 radical (unpaired) electrons. The number of rotatable bonds is 7. The van der Waals surface area contributed by atoms with Gasteiger partial charge in [-0.2, -0.15) is 0 Å². The Morgan fingerprint density at radius 1 is 1.15 bits per heavy atom. The van der Waals surface area contributed by atoms with Crippen molar-refractivity contribution in [3.63, 3.8) is 0 Å². The number of aromatic nitrogens is 1. The Bertz CT molecular complexity index is 905. The molecule has 0 aliphatic rings. The van der Waals surface area contributed by atoms with Crippen LogP contribution in [0.4, 0.5) is 5.69 Å². The van der Waals surface area contributed by atoms with Crippen LogP contribution in [0.25, 0.3) is 11.3 Å². The molecule has 3 rings (SSSR count). The standard InChI is InChI=1S/C19H17BrN2O4S/c1-24-15-7-14(8-16(9-15)25-2)22-18(23)11-27-19-21-10-17(26-19)12-3-5-13(20)6-4-12/h3-10H,11H2,1-2H3,(H,22,23). The molecule has 0 spiro atoms. The van der Waals surface area contributed by atoms with Gasteiger partial charge in [0.15, 0.2) is 5.76 Å². The molecule has 1 N–H and O–H groups in total. The number of benzene rings is 2. The zero-order chi connectivity index (χ0) is 19.2. The number of carbonyl (C=O) groups excluding carboxylic acids is 1. The molecule has 1 heterocycles. The second-order valence-corrected chi connectivity index (χ2v) is 7.28. The summed E-state index contributed by atoms with van der Waals surface area (Å²) in [7, 11) is 3.11. The van der Waals surface area contributed by atoms with Crippen molar-refractivity contribution in [3.05, 3.63) is 53.1 Å². The number of nitrogens with zero attached hydrogens (tertiary/aromatic N) is 1. The summed E-state index contributed by atoms with van der Waals surface area (Å²) in [6, 6.07) is 12.9. The van der Waals surface area contributed by atoms with Crippen LogP contribution in [0, 0.1) is 0 Å². The van der Waals surface area contributed by atoms with Gasteiger partial charge in [-0.25, -0.2) is 4.98 Å². The van der Waals surface area contributed by atoms with E-state index in [2.05, 4.69) is 26.2 Å². The van der Waals surface area contributed by atoms with Crippen LogP contribution in [-0.2, 0) is 4.79 Å². The molecule has 2 aromatic carbocycles. The molecule has 0 unspecified atom stereocenters. The Labute approximate surface area is 169 Å². The van der Waals surface area contributed by atoms with Crippen molar-refractivity contribution in [2.75, 3.05) is 25.3 Å². The first-order valence-electron chi connectivity index (χ1n) is 7.95. The maximum atomic E-state index is 12.2. The summed E-state index contributed by atoms with van der Waals surface area (Å²) in [5, 5.41) is 3.25. The monoisotopic (exact) mass is 448 g/mol. The predicted molar refractivity (Wildman–Crippen MR) is 109 cm³/mol. The van der Waals surface area contributed by atoms with Crippen molar-refractivity contribution in [3.8, 4) is 22.8 Å². The van der Waals surface area contributed by atoms with Crippen molar-refractivity contribution in [2.45, 2.75) is 5.22 Å². The van der Waals surface area contributed by atoms with E-state index in [1.54, 1.807) is 38.6 Å². The molecular formula is C19H17BrN2O4S. The molecule has 3 aromatic rings. The highest BCUT2D eigenvalue weighted by atomic mass is 79.9. The van der Waals surface area contributed by atoms with Crippen LogP contribution in [0.2, 0.25) is 0 Å². The molecule has 140 valence electrons. The number of thioether (sulfide) groups is 1. The smallest absolute Gasteiger partial charge is 0.256 e. The van der Waals surface area contributed by atoms with Gasteiger partial charge in [-0.3, -0.25) is 4.79 Å². The SMILES string of the molecule is COc1cc(NC(=O)CSc2ncc(-c3ccc(Br)cc3)o2)cc(OC)c1. The first-order valence-corrected chi connectivity index (χ1v) is 9.72. The summed E-state index contributed by atoms with van der Waals surface area (Å²) < 4.78 is 17.1. The van der Waals surface area contributed by atoms with E-state index in [1.807, 2.05) is 24.3 Å². The Morgan fingerprint density at radius 3 is 2.44 bits per heavy atom. The van der Waals surface area contributed by atoms with E-state index in [0.29, 0.717) is 28.2 Å². The zero-order valence-corrected chi connectivity index (χ0v) is 17.1. The summed E-state index contributed by atoms with van der Waals surface area (Å²) in [4.78, 5) is 16.4. The largest absolute Gasteiger partial charge is 0.497 e. The van der Waals surface area contributed by atoms with Gasteiger partial charge in [0.1, 0.15) is 11.5 Å². The van der Waals surface area contributed by atoms with Crippen molar-refractivity contribution in [2.24, 2.45) is 0 Å². The van der Waals surface area contributed by atoms with Crippen LogP contribution in [-0.4, -0.2) is 30.9 Å². The first-order chi connectivity index (χ1) is 13.1. The van der Waals surface area contributed by atoms with Gasteiger partial charge in [0.2, 0.25) is 5.91 Å². The Balaban J connectivity index is 1.59. The second-order valence-electron chi connectivity index (χ2n) is 5.44. The molecule has 0 bridgehead atoms. The van der Waals surface area contributed by atoms with Gasteiger partial charge in [0.25, 0.3) is 5.22 Å². The number of carbonyl (C=O) groups is 1. The summed E-state index contributed by atoms with van der Waals surface area (Å²) >= 11 is 4.62. The second kappa shape index (κ2) is 8.96. The molecular weight excluding hydrogens is 432 g/mol. The number of hydrogen-bond acceptors (Lipinski definition) is 6. The molecule has 0 aliphatic carbocycles. The minimum atomic E-state index is -0.182. The normalized spacial score (nSPS) is 10.5. The maximum Gasteiger partial charge on any atom is 0.256 e. The number of hydrogen-bond donors (Lipinski definition) is 1. The van der Waals surface area contributed by atoms with Gasteiger partial charge in [0.05, 0.1) is 26.2 Å². The fourth-order valence-corrected chi connectivity index (χ4v) is 3.14. The lowest BCUT2D eigenvalue weighted by atomic mass is 10.2. The van der Waals surface area contributed by atoms with E-state index < -0.39 is 0 Å². The van der Waals surface area contributed by atoms with Crippen LogP contribution in [0.15, 0.2) is 62.8 Å². The number of halogens is 1. The topological polar surface area (TPSA) is 73.6 Å². The Morgan fingerprint density at radius 2 is 1.81 bits per heavy atom.